The molecule has 1 heterocycles. The number of carboxylic acids is 1. The molecule has 2 N–H and O–H groups in total. The Kier molecular flexibility index (Phi) is 3.97. The van der Waals surface area contributed by atoms with Crippen LogP contribution >= 0.6 is 11.3 Å². The standard InChI is InChI=1S/C14H13NO3S/c1-9-5-6-19-12(9)8-15-13(16)10-3-2-4-11(7-10)14(17)18/h2-7H,8H2,1H3,(H,15,16)(H,17,18). The van der Waals surface area contributed by atoms with Crippen LogP contribution in [-0.4, -0.2) is 17.0 Å². The molecule has 1 amide bonds. The highest BCUT2D eigenvalue weighted by molar-refractivity contribution is 7.10. The van der Waals surface area contributed by atoms with Crippen LogP contribution in [0.15, 0.2) is 35.7 Å². The molecule has 0 radical (unpaired) electrons. The number of nitrogens with one attached hydrogen (secondary N) is 1. The van der Waals surface area contributed by atoms with Gasteiger partial charge in [-0.1, -0.05) is 6.07 Å². The van der Waals surface area contributed by atoms with E-state index < -0.39 is 5.97 Å². The van der Waals surface area contributed by atoms with E-state index in [-0.39, 0.29) is 11.5 Å². The molecule has 0 aliphatic carbocycles. The Bertz CT molecular complexity index is 619. The van der Waals surface area contributed by atoms with Crippen molar-refractivity contribution in [2.45, 2.75) is 13.5 Å². The van der Waals surface area contributed by atoms with Gasteiger partial charge in [0.1, 0.15) is 0 Å². The van der Waals surface area contributed by atoms with E-state index in [4.69, 9.17) is 5.11 Å². The third-order valence-electron chi connectivity index (χ3n) is 2.75. The lowest BCUT2D eigenvalue weighted by Crippen LogP contribution is -2.22. The second-order valence-corrected chi connectivity index (χ2v) is 5.10. The van der Waals surface area contributed by atoms with Crippen LogP contribution in [0.2, 0.25) is 0 Å². The molecule has 4 nitrogen and oxygen atoms in total. The van der Waals surface area contributed by atoms with Gasteiger partial charge >= 0.3 is 5.97 Å². The lowest BCUT2D eigenvalue weighted by molar-refractivity contribution is 0.0697. The molecule has 2 rings (SSSR count). The van der Waals surface area contributed by atoms with Gasteiger partial charge in [-0.25, -0.2) is 4.79 Å². The molecule has 1 aromatic heterocycles. The zero-order valence-electron chi connectivity index (χ0n) is 10.3. The minimum atomic E-state index is -1.04. The van der Waals surface area contributed by atoms with Crippen LogP contribution in [-0.2, 0) is 6.54 Å². The van der Waals surface area contributed by atoms with E-state index in [1.165, 1.54) is 12.1 Å². The van der Waals surface area contributed by atoms with Crippen LogP contribution in [0, 0.1) is 6.92 Å². The fourth-order valence-corrected chi connectivity index (χ4v) is 2.49. The van der Waals surface area contributed by atoms with Gasteiger partial charge in [-0.05, 0) is 42.1 Å². The molecule has 2 aromatic rings. The van der Waals surface area contributed by atoms with Gasteiger partial charge in [0.15, 0.2) is 0 Å². The van der Waals surface area contributed by atoms with Crippen molar-refractivity contribution in [3.05, 3.63) is 57.3 Å². The number of hydrogen-bond acceptors (Lipinski definition) is 3. The number of aryl methyl sites for hydroxylation is 1. The van der Waals surface area contributed by atoms with E-state index >= 15 is 0 Å². The zero-order chi connectivity index (χ0) is 13.8. The molecule has 0 unspecified atom stereocenters. The van der Waals surface area contributed by atoms with Gasteiger partial charge in [0.25, 0.3) is 5.91 Å². The minimum absolute atomic E-state index is 0.111. The molecule has 0 saturated carbocycles. The third kappa shape index (κ3) is 3.20. The number of carbonyl (C=O) groups is 2. The summed E-state index contributed by atoms with van der Waals surface area (Å²) in [6, 6.07) is 8.00. The lowest BCUT2D eigenvalue weighted by Gasteiger charge is -2.05. The van der Waals surface area contributed by atoms with E-state index in [0.717, 1.165) is 10.4 Å². The predicted octanol–water partition coefficient (Wildman–Crippen LogP) is 2.68. The highest BCUT2D eigenvalue weighted by atomic mass is 32.1. The number of aromatic carboxylic acids is 1. The van der Waals surface area contributed by atoms with E-state index in [9.17, 15) is 9.59 Å². The number of thiophene rings is 1. The van der Waals surface area contributed by atoms with Crippen LogP contribution in [0.5, 0.6) is 0 Å². The van der Waals surface area contributed by atoms with Crippen LogP contribution < -0.4 is 5.32 Å². The van der Waals surface area contributed by atoms with E-state index in [2.05, 4.69) is 5.32 Å². The fraction of sp³-hybridized carbons (Fsp3) is 0.143. The predicted molar refractivity (Wildman–Crippen MR) is 73.6 cm³/mol. The van der Waals surface area contributed by atoms with Crippen molar-refractivity contribution in [3.63, 3.8) is 0 Å². The third-order valence-corrected chi connectivity index (χ3v) is 3.77. The summed E-state index contributed by atoms with van der Waals surface area (Å²) >= 11 is 1.59. The molecule has 0 atom stereocenters. The van der Waals surface area contributed by atoms with Crippen LogP contribution in [0.4, 0.5) is 0 Å². The van der Waals surface area contributed by atoms with E-state index in [1.807, 2.05) is 18.4 Å². The number of carbonyl (C=O) groups excluding carboxylic acids is 1. The fourth-order valence-electron chi connectivity index (χ4n) is 1.64. The summed E-state index contributed by atoms with van der Waals surface area (Å²) in [5.41, 5.74) is 1.61. The Morgan fingerprint density at radius 1 is 1.26 bits per heavy atom. The summed E-state index contributed by atoms with van der Waals surface area (Å²) in [6.45, 7) is 2.45. The highest BCUT2D eigenvalue weighted by Crippen LogP contribution is 2.15. The molecule has 0 bridgehead atoms. The maximum atomic E-state index is 11.9. The smallest absolute Gasteiger partial charge is 0.335 e. The number of rotatable bonds is 4. The van der Waals surface area contributed by atoms with Crippen molar-refractivity contribution in [1.29, 1.82) is 0 Å². The van der Waals surface area contributed by atoms with Crippen molar-refractivity contribution < 1.29 is 14.7 Å². The van der Waals surface area contributed by atoms with Crippen molar-refractivity contribution in [2.24, 2.45) is 0 Å². The second-order valence-electron chi connectivity index (χ2n) is 4.10. The molecular formula is C14H13NO3S. The summed E-state index contributed by atoms with van der Waals surface area (Å²) in [7, 11) is 0. The highest BCUT2D eigenvalue weighted by Gasteiger charge is 2.09. The van der Waals surface area contributed by atoms with Gasteiger partial charge in [-0.2, -0.15) is 0 Å². The quantitative estimate of drug-likeness (QED) is 0.901. The first-order valence-corrected chi connectivity index (χ1v) is 6.60. The number of amides is 1. The first-order valence-electron chi connectivity index (χ1n) is 5.72. The minimum Gasteiger partial charge on any atom is -0.478 e. The Balaban J connectivity index is 2.06. The van der Waals surface area contributed by atoms with Crippen molar-refractivity contribution in [3.8, 4) is 0 Å². The van der Waals surface area contributed by atoms with Gasteiger partial charge in [0.2, 0.25) is 0 Å². The summed E-state index contributed by atoms with van der Waals surface area (Å²) in [5, 5.41) is 13.6. The molecule has 0 spiro atoms. The molecule has 1 aromatic carbocycles. The molecule has 98 valence electrons. The summed E-state index contributed by atoms with van der Waals surface area (Å²) in [4.78, 5) is 23.9. The first-order chi connectivity index (χ1) is 9.08. The first kappa shape index (κ1) is 13.3. The maximum absolute atomic E-state index is 11.9. The molecule has 5 heteroatoms. The topological polar surface area (TPSA) is 66.4 Å². The monoisotopic (exact) mass is 275 g/mol. The van der Waals surface area contributed by atoms with Gasteiger partial charge in [-0.15, -0.1) is 11.3 Å². The zero-order valence-corrected chi connectivity index (χ0v) is 11.2. The van der Waals surface area contributed by atoms with Gasteiger partial charge in [0.05, 0.1) is 12.1 Å². The molecular weight excluding hydrogens is 262 g/mol. The van der Waals surface area contributed by atoms with Gasteiger partial charge in [-0.3, -0.25) is 4.79 Å². The normalized spacial score (nSPS) is 10.2. The molecule has 0 fully saturated rings. The number of carboxylic acid groups (broad SMARTS) is 1. The van der Waals surface area contributed by atoms with Crippen molar-refractivity contribution >= 4 is 23.2 Å². The Morgan fingerprint density at radius 3 is 2.63 bits per heavy atom. The molecule has 19 heavy (non-hydrogen) atoms. The summed E-state index contributed by atoms with van der Waals surface area (Å²) in [6.07, 6.45) is 0. The second kappa shape index (κ2) is 5.67. The van der Waals surface area contributed by atoms with Crippen LogP contribution in [0.3, 0.4) is 0 Å². The lowest BCUT2D eigenvalue weighted by atomic mass is 10.1. The summed E-state index contributed by atoms with van der Waals surface area (Å²) < 4.78 is 0. The van der Waals surface area contributed by atoms with Crippen molar-refractivity contribution in [2.75, 3.05) is 0 Å². The van der Waals surface area contributed by atoms with Gasteiger partial charge in [0, 0.05) is 10.4 Å². The largest absolute Gasteiger partial charge is 0.478 e. The molecule has 0 aliphatic rings. The number of hydrogen-bond donors (Lipinski definition) is 2. The Hall–Kier alpha value is -2.14. The maximum Gasteiger partial charge on any atom is 0.335 e. The van der Waals surface area contributed by atoms with Crippen LogP contribution in [0.25, 0.3) is 0 Å². The average Bonchev–Trinajstić information content (AvgIpc) is 2.81. The SMILES string of the molecule is Cc1ccsc1CNC(=O)c1cccc(C(=O)O)c1. The number of benzene rings is 1. The van der Waals surface area contributed by atoms with Crippen LogP contribution in [0.1, 0.15) is 31.2 Å². The van der Waals surface area contributed by atoms with E-state index in [1.54, 1.807) is 23.5 Å². The molecule has 0 aliphatic heterocycles. The van der Waals surface area contributed by atoms with Gasteiger partial charge < -0.3 is 10.4 Å². The molecule has 0 saturated heterocycles. The van der Waals surface area contributed by atoms with E-state index in [0.29, 0.717) is 12.1 Å². The Morgan fingerprint density at radius 2 is 2.00 bits per heavy atom. The summed E-state index contributed by atoms with van der Waals surface area (Å²) in [5.74, 6) is -1.31. The van der Waals surface area contributed by atoms with Crippen molar-refractivity contribution in [1.82, 2.24) is 5.32 Å². The average molecular weight is 275 g/mol. The Labute approximate surface area is 114 Å².